The van der Waals surface area contributed by atoms with Gasteiger partial charge in [-0.3, -0.25) is 0 Å². The standard InChI is InChI=1S/C20H21F2N3O2/c1-20(21,22)12-11-19-23-18(14-27-16-8-4-3-5-9-16)24-25(19)15-7-6-10-17(13-15)26-2/h3-10,13H,11-12,14H2,1-2H3. The summed E-state index contributed by atoms with van der Waals surface area (Å²) in [5.74, 6) is -0.549. The van der Waals surface area contributed by atoms with Gasteiger partial charge >= 0.3 is 0 Å². The first kappa shape index (κ1) is 18.8. The van der Waals surface area contributed by atoms with Crippen LogP contribution in [0.1, 0.15) is 25.0 Å². The molecule has 3 rings (SSSR count). The van der Waals surface area contributed by atoms with Crippen LogP contribution in [0.5, 0.6) is 11.5 Å². The zero-order valence-electron chi connectivity index (χ0n) is 15.2. The molecular formula is C20H21F2N3O2. The molecule has 1 aromatic heterocycles. The molecule has 7 heteroatoms. The van der Waals surface area contributed by atoms with Crippen LogP contribution in [0.3, 0.4) is 0 Å². The molecule has 0 fully saturated rings. The number of rotatable bonds is 8. The maximum absolute atomic E-state index is 13.3. The SMILES string of the molecule is COc1cccc(-n2nc(COc3ccccc3)nc2CCC(C)(F)F)c1. The summed E-state index contributed by atoms with van der Waals surface area (Å²) < 4.78 is 39.1. The molecule has 0 spiro atoms. The van der Waals surface area contributed by atoms with Gasteiger partial charge in [0.1, 0.15) is 23.9 Å². The van der Waals surface area contributed by atoms with Crippen LogP contribution in [0, 0.1) is 0 Å². The molecule has 0 saturated carbocycles. The first-order valence-corrected chi connectivity index (χ1v) is 8.59. The van der Waals surface area contributed by atoms with Gasteiger partial charge < -0.3 is 9.47 Å². The Hall–Kier alpha value is -2.96. The summed E-state index contributed by atoms with van der Waals surface area (Å²) in [7, 11) is 1.57. The Bertz CT molecular complexity index is 876. The van der Waals surface area contributed by atoms with Gasteiger partial charge in [-0.25, -0.2) is 18.4 Å². The zero-order chi connectivity index (χ0) is 19.3. The lowest BCUT2D eigenvalue weighted by atomic mass is 10.2. The average molecular weight is 373 g/mol. The molecular weight excluding hydrogens is 352 g/mol. The third-order valence-electron chi connectivity index (χ3n) is 3.91. The normalized spacial score (nSPS) is 11.4. The van der Waals surface area contributed by atoms with E-state index >= 15 is 0 Å². The predicted octanol–water partition coefficient (Wildman–Crippen LogP) is 4.44. The third-order valence-corrected chi connectivity index (χ3v) is 3.91. The number of halogens is 2. The lowest BCUT2D eigenvalue weighted by Gasteiger charge is -2.10. The summed E-state index contributed by atoms with van der Waals surface area (Å²) in [5, 5.41) is 4.45. The maximum Gasteiger partial charge on any atom is 0.245 e. The van der Waals surface area contributed by atoms with Crippen molar-refractivity contribution in [2.24, 2.45) is 0 Å². The molecule has 0 atom stereocenters. The van der Waals surface area contributed by atoms with E-state index in [2.05, 4.69) is 10.1 Å². The highest BCUT2D eigenvalue weighted by Gasteiger charge is 2.23. The molecule has 0 N–H and O–H groups in total. The Morgan fingerprint density at radius 2 is 1.78 bits per heavy atom. The minimum atomic E-state index is -2.77. The van der Waals surface area contributed by atoms with Crippen LogP contribution >= 0.6 is 0 Å². The quantitative estimate of drug-likeness (QED) is 0.586. The van der Waals surface area contributed by atoms with Crippen LogP contribution in [-0.2, 0) is 13.0 Å². The highest BCUT2D eigenvalue weighted by atomic mass is 19.3. The summed E-state index contributed by atoms with van der Waals surface area (Å²) in [4.78, 5) is 4.41. The van der Waals surface area contributed by atoms with E-state index in [0.717, 1.165) is 6.92 Å². The van der Waals surface area contributed by atoms with E-state index in [4.69, 9.17) is 9.47 Å². The molecule has 0 bridgehead atoms. The van der Waals surface area contributed by atoms with E-state index < -0.39 is 5.92 Å². The predicted molar refractivity (Wildman–Crippen MR) is 97.6 cm³/mol. The minimum Gasteiger partial charge on any atom is -0.497 e. The Morgan fingerprint density at radius 1 is 1.04 bits per heavy atom. The Kier molecular flexibility index (Phi) is 5.69. The summed E-state index contributed by atoms with van der Waals surface area (Å²) in [6.45, 7) is 1.05. The van der Waals surface area contributed by atoms with Crippen molar-refractivity contribution in [3.8, 4) is 17.2 Å². The van der Waals surface area contributed by atoms with Gasteiger partial charge in [-0.2, -0.15) is 0 Å². The molecule has 27 heavy (non-hydrogen) atoms. The minimum absolute atomic E-state index is 0.0963. The number of methoxy groups -OCH3 is 1. The van der Waals surface area contributed by atoms with Crippen molar-refractivity contribution in [3.05, 3.63) is 66.2 Å². The topological polar surface area (TPSA) is 49.2 Å². The number of aromatic nitrogens is 3. The number of alkyl halides is 2. The molecule has 0 radical (unpaired) electrons. The number of hydrogen-bond donors (Lipinski definition) is 0. The number of benzene rings is 2. The van der Waals surface area contributed by atoms with Crippen molar-refractivity contribution >= 4 is 0 Å². The molecule has 0 aliphatic rings. The van der Waals surface area contributed by atoms with Gasteiger partial charge in [0.15, 0.2) is 5.82 Å². The fraction of sp³-hybridized carbons (Fsp3) is 0.300. The third kappa shape index (κ3) is 5.26. The Labute approximate surface area is 156 Å². The molecule has 142 valence electrons. The maximum atomic E-state index is 13.3. The van der Waals surface area contributed by atoms with Crippen LogP contribution in [0.15, 0.2) is 54.6 Å². The van der Waals surface area contributed by atoms with Crippen molar-refractivity contribution in [1.29, 1.82) is 0 Å². The van der Waals surface area contributed by atoms with Crippen molar-refractivity contribution in [2.75, 3.05) is 7.11 Å². The second-order valence-electron chi connectivity index (χ2n) is 6.23. The average Bonchev–Trinajstić information content (AvgIpc) is 3.08. The van der Waals surface area contributed by atoms with Crippen molar-refractivity contribution < 1.29 is 18.3 Å². The molecule has 0 aliphatic heterocycles. The van der Waals surface area contributed by atoms with Crippen molar-refractivity contribution in [1.82, 2.24) is 14.8 Å². The summed E-state index contributed by atoms with van der Waals surface area (Å²) in [6.07, 6.45) is -0.215. The fourth-order valence-electron chi connectivity index (χ4n) is 2.56. The highest BCUT2D eigenvalue weighted by molar-refractivity contribution is 5.39. The molecule has 2 aromatic carbocycles. The Balaban J connectivity index is 1.85. The van der Waals surface area contributed by atoms with Gasteiger partial charge in [-0.05, 0) is 31.2 Å². The van der Waals surface area contributed by atoms with Gasteiger partial charge in [0.25, 0.3) is 0 Å². The summed E-state index contributed by atoms with van der Waals surface area (Å²) in [6, 6.07) is 16.5. The second kappa shape index (κ2) is 8.16. The highest BCUT2D eigenvalue weighted by Crippen LogP contribution is 2.22. The molecule has 5 nitrogen and oxygen atoms in total. The van der Waals surface area contributed by atoms with Crippen LogP contribution in [-0.4, -0.2) is 27.8 Å². The number of nitrogens with zero attached hydrogens (tertiary/aromatic N) is 3. The van der Waals surface area contributed by atoms with Crippen LogP contribution < -0.4 is 9.47 Å². The van der Waals surface area contributed by atoms with Gasteiger partial charge in [-0.1, -0.05) is 24.3 Å². The number of ether oxygens (including phenoxy) is 2. The number of aryl methyl sites for hydroxylation is 1. The van der Waals surface area contributed by atoms with E-state index in [1.165, 1.54) is 0 Å². The summed E-state index contributed by atoms with van der Waals surface area (Å²) >= 11 is 0. The fourth-order valence-corrected chi connectivity index (χ4v) is 2.56. The lowest BCUT2D eigenvalue weighted by molar-refractivity contribution is 0.0127. The van der Waals surface area contributed by atoms with E-state index in [-0.39, 0.29) is 19.4 Å². The van der Waals surface area contributed by atoms with Gasteiger partial charge in [0, 0.05) is 18.9 Å². The van der Waals surface area contributed by atoms with Crippen molar-refractivity contribution in [2.45, 2.75) is 32.3 Å². The number of para-hydroxylation sites is 1. The molecule has 0 saturated heterocycles. The molecule has 0 aliphatic carbocycles. The zero-order valence-corrected chi connectivity index (χ0v) is 15.2. The Morgan fingerprint density at radius 3 is 2.48 bits per heavy atom. The number of hydrogen-bond acceptors (Lipinski definition) is 4. The van der Waals surface area contributed by atoms with Gasteiger partial charge in [0.05, 0.1) is 12.8 Å². The molecule has 3 aromatic rings. The first-order valence-electron chi connectivity index (χ1n) is 8.59. The van der Waals surface area contributed by atoms with E-state index in [9.17, 15) is 8.78 Å². The van der Waals surface area contributed by atoms with E-state index in [0.29, 0.717) is 28.8 Å². The van der Waals surface area contributed by atoms with Crippen molar-refractivity contribution in [3.63, 3.8) is 0 Å². The van der Waals surface area contributed by atoms with Crippen LogP contribution in [0.4, 0.5) is 8.78 Å². The second-order valence-corrected chi connectivity index (χ2v) is 6.23. The van der Waals surface area contributed by atoms with Crippen LogP contribution in [0.2, 0.25) is 0 Å². The van der Waals surface area contributed by atoms with E-state index in [1.54, 1.807) is 23.9 Å². The molecule has 1 heterocycles. The lowest BCUT2D eigenvalue weighted by Crippen LogP contribution is -2.13. The first-order chi connectivity index (χ1) is 12.9. The van der Waals surface area contributed by atoms with Gasteiger partial charge in [0.2, 0.25) is 5.92 Å². The molecule has 0 unspecified atom stereocenters. The van der Waals surface area contributed by atoms with E-state index in [1.807, 2.05) is 42.5 Å². The summed E-state index contributed by atoms with van der Waals surface area (Å²) in [5.41, 5.74) is 0.697. The smallest absolute Gasteiger partial charge is 0.245 e. The molecule has 0 amide bonds. The largest absolute Gasteiger partial charge is 0.497 e. The van der Waals surface area contributed by atoms with Crippen LogP contribution in [0.25, 0.3) is 5.69 Å². The van der Waals surface area contributed by atoms with Gasteiger partial charge in [-0.15, -0.1) is 5.10 Å². The monoisotopic (exact) mass is 373 g/mol.